The number of rotatable bonds is 6. The summed E-state index contributed by atoms with van der Waals surface area (Å²) in [6.07, 6.45) is 5.27. The fourth-order valence-electron chi connectivity index (χ4n) is 1.54. The molecule has 0 aromatic heterocycles. The predicted molar refractivity (Wildman–Crippen MR) is 73.4 cm³/mol. The highest BCUT2D eigenvalue weighted by atomic mass is 79.9. The maximum Gasteiger partial charge on any atom is 0.0444 e. The summed E-state index contributed by atoms with van der Waals surface area (Å²) in [6, 6.07) is 8.55. The fourth-order valence-corrected chi connectivity index (χ4v) is 1.80. The van der Waals surface area contributed by atoms with Crippen LogP contribution in [0.5, 0.6) is 0 Å². The molecule has 0 heterocycles. The van der Waals surface area contributed by atoms with E-state index in [1.54, 1.807) is 0 Å². The Hall–Kier alpha value is -0.640. The van der Waals surface area contributed by atoms with E-state index in [-0.39, 0.29) is 6.04 Å². The molecule has 1 atom stereocenters. The van der Waals surface area contributed by atoms with Crippen molar-refractivity contribution >= 4 is 15.9 Å². The molecule has 0 radical (unpaired) electrons. The van der Waals surface area contributed by atoms with Gasteiger partial charge >= 0.3 is 0 Å². The first kappa shape index (κ1) is 13.4. The van der Waals surface area contributed by atoms with Crippen molar-refractivity contribution in [3.8, 4) is 0 Å². The Kier molecular flexibility index (Phi) is 6.38. The van der Waals surface area contributed by atoms with Gasteiger partial charge in [-0.3, -0.25) is 0 Å². The highest BCUT2D eigenvalue weighted by Gasteiger charge is 2.07. The first-order chi connectivity index (χ1) is 7.77. The van der Waals surface area contributed by atoms with E-state index in [1.807, 2.05) is 19.1 Å². The third-order valence-corrected chi connectivity index (χ3v) is 2.97. The molecule has 88 valence electrons. The van der Waals surface area contributed by atoms with Crippen LogP contribution in [0.25, 0.3) is 0 Å². The minimum atomic E-state index is 0.248. The Morgan fingerprint density at radius 2 is 2.06 bits per heavy atom. The predicted octanol–water partition coefficient (Wildman–Crippen LogP) is 3.00. The van der Waals surface area contributed by atoms with E-state index in [0.717, 1.165) is 17.4 Å². The van der Waals surface area contributed by atoms with E-state index in [2.05, 4.69) is 45.5 Å². The second kappa shape index (κ2) is 7.60. The summed E-state index contributed by atoms with van der Waals surface area (Å²) >= 11 is 3.43. The molecule has 0 bridgehead atoms. The lowest BCUT2D eigenvalue weighted by atomic mass is 10.1. The molecule has 0 aliphatic heterocycles. The summed E-state index contributed by atoms with van der Waals surface area (Å²) in [5.41, 5.74) is 7.01. The van der Waals surface area contributed by atoms with Gasteiger partial charge < -0.3 is 11.1 Å². The summed E-state index contributed by atoms with van der Waals surface area (Å²) in [6.45, 7) is 3.62. The number of halogens is 1. The molecule has 1 aromatic carbocycles. The van der Waals surface area contributed by atoms with Crippen LogP contribution >= 0.6 is 15.9 Å². The third kappa shape index (κ3) is 4.47. The van der Waals surface area contributed by atoms with Gasteiger partial charge in [0.05, 0.1) is 0 Å². The molecule has 0 amide bonds. The van der Waals surface area contributed by atoms with Gasteiger partial charge in [-0.15, -0.1) is 0 Å². The van der Waals surface area contributed by atoms with Crippen LogP contribution in [0.3, 0.4) is 0 Å². The summed E-state index contributed by atoms with van der Waals surface area (Å²) in [7, 11) is 0. The van der Waals surface area contributed by atoms with Crippen molar-refractivity contribution in [2.75, 3.05) is 13.1 Å². The normalized spacial score (nSPS) is 13.2. The van der Waals surface area contributed by atoms with Crippen LogP contribution in [-0.4, -0.2) is 13.1 Å². The Bertz CT molecular complexity index is 319. The van der Waals surface area contributed by atoms with Crippen molar-refractivity contribution in [1.29, 1.82) is 0 Å². The molecule has 0 saturated heterocycles. The second-order valence-electron chi connectivity index (χ2n) is 3.65. The Balaban J connectivity index is 2.50. The lowest BCUT2D eigenvalue weighted by Gasteiger charge is -2.16. The molecule has 1 rings (SSSR count). The molecule has 0 spiro atoms. The van der Waals surface area contributed by atoms with Crippen LogP contribution in [0.2, 0.25) is 0 Å². The highest BCUT2D eigenvalue weighted by molar-refractivity contribution is 9.10. The largest absolute Gasteiger partial charge is 0.329 e. The van der Waals surface area contributed by atoms with Gasteiger partial charge in [-0.25, -0.2) is 0 Å². The van der Waals surface area contributed by atoms with Gasteiger partial charge in [0.2, 0.25) is 0 Å². The Morgan fingerprint density at radius 1 is 1.38 bits per heavy atom. The fraction of sp³-hybridized carbons (Fsp3) is 0.385. The minimum Gasteiger partial charge on any atom is -0.329 e. The van der Waals surface area contributed by atoms with Crippen LogP contribution in [0.15, 0.2) is 40.9 Å². The average Bonchev–Trinajstić information content (AvgIpc) is 2.31. The van der Waals surface area contributed by atoms with E-state index in [1.165, 1.54) is 5.56 Å². The van der Waals surface area contributed by atoms with Crippen LogP contribution < -0.4 is 11.1 Å². The first-order valence-corrected chi connectivity index (χ1v) is 6.37. The molecule has 0 fully saturated rings. The second-order valence-corrected chi connectivity index (χ2v) is 4.57. The van der Waals surface area contributed by atoms with E-state index in [4.69, 9.17) is 5.73 Å². The van der Waals surface area contributed by atoms with Crippen molar-refractivity contribution in [3.63, 3.8) is 0 Å². The van der Waals surface area contributed by atoms with Crippen LogP contribution in [-0.2, 0) is 0 Å². The Morgan fingerprint density at radius 3 is 2.62 bits per heavy atom. The molecule has 1 unspecified atom stereocenters. The maximum absolute atomic E-state index is 5.77. The topological polar surface area (TPSA) is 38.0 Å². The van der Waals surface area contributed by atoms with Gasteiger partial charge in [-0.2, -0.15) is 0 Å². The monoisotopic (exact) mass is 282 g/mol. The van der Waals surface area contributed by atoms with E-state index >= 15 is 0 Å². The summed E-state index contributed by atoms with van der Waals surface area (Å²) in [5.74, 6) is 0. The molecular weight excluding hydrogens is 264 g/mol. The summed E-state index contributed by atoms with van der Waals surface area (Å²) in [4.78, 5) is 0. The van der Waals surface area contributed by atoms with Crippen molar-refractivity contribution in [1.82, 2.24) is 5.32 Å². The molecule has 0 saturated carbocycles. The number of benzene rings is 1. The summed E-state index contributed by atoms with van der Waals surface area (Å²) in [5, 5.41) is 3.45. The Labute approximate surface area is 106 Å². The number of nitrogens with two attached hydrogens (primary N) is 1. The molecular formula is C13H19BrN2. The zero-order valence-corrected chi connectivity index (χ0v) is 11.2. The van der Waals surface area contributed by atoms with Crippen molar-refractivity contribution < 1.29 is 0 Å². The molecule has 0 aliphatic carbocycles. The van der Waals surface area contributed by atoms with Gasteiger partial charge in [0.25, 0.3) is 0 Å². The lowest BCUT2D eigenvalue weighted by molar-refractivity contribution is 0.548. The van der Waals surface area contributed by atoms with Crippen molar-refractivity contribution in [2.24, 2.45) is 5.73 Å². The van der Waals surface area contributed by atoms with Gasteiger partial charge in [0, 0.05) is 17.1 Å². The standard InChI is InChI=1S/C13H19BrN2/c1-2-3-4-9-16-13(10-15)11-5-7-12(14)8-6-11/h2-3,5-8,13,16H,4,9-10,15H2,1H3/b3-2+. The molecule has 3 heteroatoms. The zero-order valence-electron chi connectivity index (χ0n) is 9.62. The van der Waals surface area contributed by atoms with Crippen molar-refractivity contribution in [2.45, 2.75) is 19.4 Å². The molecule has 16 heavy (non-hydrogen) atoms. The average molecular weight is 283 g/mol. The maximum atomic E-state index is 5.77. The first-order valence-electron chi connectivity index (χ1n) is 5.58. The molecule has 3 N–H and O–H groups in total. The number of hydrogen-bond donors (Lipinski definition) is 2. The van der Waals surface area contributed by atoms with Gasteiger partial charge in [0.1, 0.15) is 0 Å². The van der Waals surface area contributed by atoms with Crippen molar-refractivity contribution in [3.05, 3.63) is 46.5 Å². The molecule has 1 aromatic rings. The minimum absolute atomic E-state index is 0.248. The highest BCUT2D eigenvalue weighted by Crippen LogP contribution is 2.16. The van der Waals surface area contributed by atoms with Gasteiger partial charge in [0.15, 0.2) is 0 Å². The van der Waals surface area contributed by atoms with E-state index in [0.29, 0.717) is 6.54 Å². The smallest absolute Gasteiger partial charge is 0.0444 e. The quantitative estimate of drug-likeness (QED) is 0.622. The SMILES string of the molecule is C/C=C/CCNC(CN)c1ccc(Br)cc1. The number of hydrogen-bond acceptors (Lipinski definition) is 2. The summed E-state index contributed by atoms with van der Waals surface area (Å²) < 4.78 is 1.10. The lowest BCUT2D eigenvalue weighted by Crippen LogP contribution is -2.28. The van der Waals surface area contributed by atoms with Crippen LogP contribution in [0.4, 0.5) is 0 Å². The van der Waals surface area contributed by atoms with Gasteiger partial charge in [-0.1, -0.05) is 40.2 Å². The third-order valence-electron chi connectivity index (χ3n) is 2.45. The van der Waals surface area contributed by atoms with Gasteiger partial charge in [-0.05, 0) is 37.6 Å². The van der Waals surface area contributed by atoms with Crippen LogP contribution in [0.1, 0.15) is 24.9 Å². The van der Waals surface area contributed by atoms with E-state index < -0.39 is 0 Å². The number of allylic oxidation sites excluding steroid dienone is 1. The molecule has 2 nitrogen and oxygen atoms in total. The molecule has 0 aliphatic rings. The van der Waals surface area contributed by atoms with Crippen LogP contribution in [0, 0.1) is 0 Å². The van der Waals surface area contributed by atoms with E-state index in [9.17, 15) is 0 Å². The zero-order chi connectivity index (χ0) is 11.8. The number of nitrogens with one attached hydrogen (secondary N) is 1.